The zero-order chi connectivity index (χ0) is 12.8. The van der Waals surface area contributed by atoms with E-state index in [4.69, 9.17) is 5.73 Å². The first kappa shape index (κ1) is 12.6. The lowest BCUT2D eigenvalue weighted by molar-refractivity contribution is -0.0558. The summed E-state index contributed by atoms with van der Waals surface area (Å²) >= 11 is 0. The lowest BCUT2D eigenvalue weighted by Crippen LogP contribution is -2.52. The fourth-order valence-electron chi connectivity index (χ4n) is 6.17. The summed E-state index contributed by atoms with van der Waals surface area (Å²) in [5.41, 5.74) is 6.00. The number of piperidine rings is 1. The smallest absolute Gasteiger partial charge is 0.0218 e. The molecule has 1 heterocycles. The molecular weight excluding hydrogens is 232 g/mol. The first-order chi connectivity index (χ1) is 9.33. The molecule has 0 aromatic heterocycles. The van der Waals surface area contributed by atoms with E-state index >= 15 is 0 Å². The molecule has 1 atom stereocenters. The Hall–Kier alpha value is -0.0800. The van der Waals surface area contributed by atoms with E-state index in [0.29, 0.717) is 6.04 Å². The van der Waals surface area contributed by atoms with Crippen LogP contribution < -0.4 is 5.73 Å². The van der Waals surface area contributed by atoms with E-state index < -0.39 is 0 Å². The summed E-state index contributed by atoms with van der Waals surface area (Å²) in [6, 6.07) is 0.700. The minimum Gasteiger partial charge on any atom is -0.329 e. The predicted octanol–water partition coefficient (Wildman–Crippen LogP) is 2.87. The van der Waals surface area contributed by atoms with Crippen LogP contribution in [-0.2, 0) is 0 Å². The molecule has 4 aliphatic carbocycles. The molecule has 2 nitrogen and oxygen atoms in total. The van der Waals surface area contributed by atoms with Gasteiger partial charge in [0, 0.05) is 19.1 Å². The van der Waals surface area contributed by atoms with E-state index in [9.17, 15) is 0 Å². The Morgan fingerprint density at radius 1 is 0.895 bits per heavy atom. The number of nitrogens with zero attached hydrogens (tertiary/aromatic N) is 1. The summed E-state index contributed by atoms with van der Waals surface area (Å²) in [6.07, 6.45) is 12.0. The van der Waals surface area contributed by atoms with Gasteiger partial charge in [0.1, 0.15) is 0 Å². The average molecular weight is 262 g/mol. The van der Waals surface area contributed by atoms with E-state index in [1.54, 1.807) is 32.1 Å². The van der Waals surface area contributed by atoms with Crippen LogP contribution in [0.3, 0.4) is 0 Å². The van der Waals surface area contributed by atoms with Crippen LogP contribution in [0.25, 0.3) is 0 Å². The van der Waals surface area contributed by atoms with Crippen molar-refractivity contribution in [2.24, 2.45) is 35.3 Å². The van der Waals surface area contributed by atoms with E-state index in [1.807, 2.05) is 0 Å². The molecule has 108 valence electrons. The van der Waals surface area contributed by atoms with Crippen molar-refractivity contribution in [1.29, 1.82) is 0 Å². The predicted molar refractivity (Wildman–Crippen MR) is 78.8 cm³/mol. The van der Waals surface area contributed by atoms with Gasteiger partial charge < -0.3 is 5.73 Å². The lowest BCUT2D eigenvalue weighted by Gasteiger charge is -2.56. The maximum Gasteiger partial charge on any atom is 0.0218 e. The molecule has 4 saturated carbocycles. The molecule has 2 heteroatoms. The number of hydrogen-bond acceptors (Lipinski definition) is 2. The molecule has 19 heavy (non-hydrogen) atoms. The van der Waals surface area contributed by atoms with Gasteiger partial charge in [-0.25, -0.2) is 0 Å². The van der Waals surface area contributed by atoms with Crippen molar-refractivity contribution >= 4 is 0 Å². The summed E-state index contributed by atoms with van der Waals surface area (Å²) in [5, 5.41) is 0. The first-order valence-electron chi connectivity index (χ1n) is 8.77. The van der Waals surface area contributed by atoms with Crippen LogP contribution in [0.15, 0.2) is 0 Å². The Labute approximate surface area is 118 Å². The maximum absolute atomic E-state index is 6.00. The van der Waals surface area contributed by atoms with Crippen molar-refractivity contribution in [3.63, 3.8) is 0 Å². The van der Waals surface area contributed by atoms with Gasteiger partial charge in [-0.3, -0.25) is 4.90 Å². The van der Waals surface area contributed by atoms with Crippen molar-refractivity contribution < 1.29 is 0 Å². The Balaban J connectivity index is 1.44. The third-order valence-corrected chi connectivity index (χ3v) is 6.89. The average Bonchev–Trinajstić information content (AvgIpc) is 2.42. The molecule has 1 unspecified atom stereocenters. The van der Waals surface area contributed by atoms with Crippen molar-refractivity contribution in [3.8, 4) is 0 Å². The first-order valence-corrected chi connectivity index (χ1v) is 8.77. The maximum atomic E-state index is 6.00. The second-order valence-electron chi connectivity index (χ2n) is 7.97. The standard InChI is InChI=1S/C17H30N2/c18-10-16-3-1-2-4-19(16)11-17-14-6-12-5-13(8-14)9-15(17)7-12/h12-17H,1-11,18H2. The Morgan fingerprint density at radius 2 is 1.58 bits per heavy atom. The lowest BCUT2D eigenvalue weighted by atomic mass is 9.52. The second-order valence-corrected chi connectivity index (χ2v) is 7.97. The summed E-state index contributed by atoms with van der Waals surface area (Å²) in [6.45, 7) is 3.59. The third-order valence-electron chi connectivity index (χ3n) is 6.89. The Morgan fingerprint density at radius 3 is 2.21 bits per heavy atom. The molecule has 4 bridgehead atoms. The van der Waals surface area contributed by atoms with Gasteiger partial charge in [-0.1, -0.05) is 6.42 Å². The fourth-order valence-corrected chi connectivity index (χ4v) is 6.17. The molecule has 0 spiro atoms. The van der Waals surface area contributed by atoms with Gasteiger partial charge >= 0.3 is 0 Å². The summed E-state index contributed by atoms with van der Waals surface area (Å²) in [5.74, 6) is 5.42. The molecule has 1 aliphatic heterocycles. The molecule has 0 aromatic rings. The SMILES string of the molecule is NCC1CCCCN1CC1C2CC3CC(C2)CC1C3. The highest BCUT2D eigenvalue weighted by Crippen LogP contribution is 2.56. The normalized spacial score (nSPS) is 49.7. The quantitative estimate of drug-likeness (QED) is 0.847. The molecule has 0 amide bonds. The van der Waals surface area contributed by atoms with Crippen LogP contribution in [0.1, 0.15) is 51.4 Å². The van der Waals surface area contributed by atoms with Gasteiger partial charge in [0.15, 0.2) is 0 Å². The van der Waals surface area contributed by atoms with E-state index in [2.05, 4.69) is 4.90 Å². The zero-order valence-electron chi connectivity index (χ0n) is 12.3. The van der Waals surface area contributed by atoms with E-state index in [1.165, 1.54) is 32.4 Å². The van der Waals surface area contributed by atoms with Gasteiger partial charge in [-0.15, -0.1) is 0 Å². The number of hydrogen-bond donors (Lipinski definition) is 1. The molecule has 5 fully saturated rings. The van der Waals surface area contributed by atoms with Crippen LogP contribution in [0.4, 0.5) is 0 Å². The molecule has 2 N–H and O–H groups in total. The second kappa shape index (κ2) is 5.04. The zero-order valence-corrected chi connectivity index (χ0v) is 12.3. The van der Waals surface area contributed by atoms with Crippen LogP contribution >= 0.6 is 0 Å². The van der Waals surface area contributed by atoms with Gasteiger partial charge in [0.25, 0.3) is 0 Å². The van der Waals surface area contributed by atoms with Crippen molar-refractivity contribution in [3.05, 3.63) is 0 Å². The Kier molecular flexibility index (Phi) is 3.35. The number of likely N-dealkylation sites (tertiary alicyclic amines) is 1. The molecule has 5 rings (SSSR count). The highest BCUT2D eigenvalue weighted by atomic mass is 15.2. The van der Waals surface area contributed by atoms with Crippen molar-refractivity contribution in [2.75, 3.05) is 19.6 Å². The van der Waals surface area contributed by atoms with Crippen LogP contribution in [0.5, 0.6) is 0 Å². The summed E-state index contributed by atoms with van der Waals surface area (Å²) < 4.78 is 0. The molecule has 1 saturated heterocycles. The minimum atomic E-state index is 0.700. The monoisotopic (exact) mass is 262 g/mol. The molecule has 0 aromatic carbocycles. The van der Waals surface area contributed by atoms with E-state index in [-0.39, 0.29) is 0 Å². The number of rotatable bonds is 3. The van der Waals surface area contributed by atoms with Gasteiger partial charge in [0.05, 0.1) is 0 Å². The molecule has 0 radical (unpaired) electrons. The van der Waals surface area contributed by atoms with Crippen molar-refractivity contribution in [1.82, 2.24) is 4.90 Å². The van der Waals surface area contributed by atoms with Gasteiger partial charge in [0.2, 0.25) is 0 Å². The van der Waals surface area contributed by atoms with Crippen LogP contribution in [-0.4, -0.2) is 30.6 Å². The van der Waals surface area contributed by atoms with Crippen molar-refractivity contribution in [2.45, 2.75) is 57.4 Å². The number of nitrogens with two attached hydrogens (primary N) is 1. The fraction of sp³-hybridized carbons (Fsp3) is 1.00. The van der Waals surface area contributed by atoms with Gasteiger partial charge in [-0.05, 0) is 81.1 Å². The van der Waals surface area contributed by atoms with Crippen LogP contribution in [0, 0.1) is 29.6 Å². The van der Waals surface area contributed by atoms with E-state index in [0.717, 1.165) is 36.1 Å². The molecular formula is C17H30N2. The summed E-state index contributed by atoms with van der Waals surface area (Å²) in [4.78, 5) is 2.77. The third kappa shape index (κ3) is 2.25. The largest absolute Gasteiger partial charge is 0.329 e. The highest BCUT2D eigenvalue weighted by Gasteiger charge is 2.48. The van der Waals surface area contributed by atoms with Gasteiger partial charge in [-0.2, -0.15) is 0 Å². The topological polar surface area (TPSA) is 29.3 Å². The Bertz CT molecular complexity index is 299. The van der Waals surface area contributed by atoms with Crippen LogP contribution in [0.2, 0.25) is 0 Å². The summed E-state index contributed by atoms with van der Waals surface area (Å²) in [7, 11) is 0. The highest BCUT2D eigenvalue weighted by molar-refractivity contribution is 4.99. The minimum absolute atomic E-state index is 0.700. The molecule has 5 aliphatic rings.